The Hall–Kier alpha value is -0.570. The Kier molecular flexibility index (Phi) is 1.24. The molecule has 0 spiro atoms. The SMILES string of the molecule is CC1(C)CCC(=N)N1O. The molecule has 52 valence electrons. The van der Waals surface area contributed by atoms with Crippen molar-refractivity contribution in [3.05, 3.63) is 0 Å². The molecule has 0 aromatic carbocycles. The normalized spacial score (nSPS) is 25.2. The van der Waals surface area contributed by atoms with Crippen LogP contribution in [0.25, 0.3) is 0 Å². The van der Waals surface area contributed by atoms with Crippen LogP contribution in [0.5, 0.6) is 0 Å². The molecule has 0 aliphatic carbocycles. The number of nitrogens with zero attached hydrogens (tertiary/aromatic N) is 1. The molecule has 0 bridgehead atoms. The lowest BCUT2D eigenvalue weighted by Gasteiger charge is -2.25. The molecule has 1 rings (SSSR count). The molecule has 0 aromatic rings. The Balaban J connectivity index is 2.73. The average Bonchev–Trinajstić information content (AvgIpc) is 1.97. The topological polar surface area (TPSA) is 47.3 Å². The molecule has 0 saturated carbocycles. The van der Waals surface area contributed by atoms with Gasteiger partial charge in [0.25, 0.3) is 0 Å². The average molecular weight is 128 g/mol. The number of amidine groups is 1. The van der Waals surface area contributed by atoms with Crippen molar-refractivity contribution >= 4 is 5.84 Å². The molecule has 1 aliphatic heterocycles. The highest BCUT2D eigenvalue weighted by Crippen LogP contribution is 2.26. The molecule has 0 amide bonds. The van der Waals surface area contributed by atoms with E-state index in [4.69, 9.17) is 10.6 Å². The Morgan fingerprint density at radius 2 is 2.22 bits per heavy atom. The predicted molar refractivity (Wildman–Crippen MR) is 34.7 cm³/mol. The maximum atomic E-state index is 9.13. The summed E-state index contributed by atoms with van der Waals surface area (Å²) in [5, 5.41) is 17.4. The van der Waals surface area contributed by atoms with Crippen LogP contribution in [0.3, 0.4) is 0 Å². The maximum Gasteiger partial charge on any atom is 0.121 e. The van der Waals surface area contributed by atoms with Crippen molar-refractivity contribution in [3.8, 4) is 0 Å². The van der Waals surface area contributed by atoms with E-state index in [9.17, 15) is 0 Å². The molecule has 3 nitrogen and oxygen atoms in total. The molecule has 0 unspecified atom stereocenters. The summed E-state index contributed by atoms with van der Waals surface area (Å²) in [5.74, 6) is 0.333. The Morgan fingerprint density at radius 3 is 2.33 bits per heavy atom. The molecule has 1 heterocycles. The van der Waals surface area contributed by atoms with Crippen molar-refractivity contribution in [2.24, 2.45) is 0 Å². The van der Waals surface area contributed by atoms with Crippen molar-refractivity contribution < 1.29 is 5.21 Å². The largest absolute Gasteiger partial charge is 0.287 e. The molecule has 0 radical (unpaired) electrons. The zero-order valence-corrected chi connectivity index (χ0v) is 5.81. The second-order valence-corrected chi connectivity index (χ2v) is 3.07. The van der Waals surface area contributed by atoms with Crippen LogP contribution < -0.4 is 0 Å². The van der Waals surface area contributed by atoms with Crippen LogP contribution in [-0.2, 0) is 0 Å². The molecule has 1 saturated heterocycles. The Morgan fingerprint density at radius 1 is 1.67 bits per heavy atom. The van der Waals surface area contributed by atoms with E-state index >= 15 is 0 Å². The molecular formula is C6H12N2O. The summed E-state index contributed by atoms with van der Waals surface area (Å²) in [4.78, 5) is 0. The number of rotatable bonds is 0. The molecule has 1 fully saturated rings. The third-order valence-corrected chi connectivity index (χ3v) is 1.80. The standard InChI is InChI=1S/C6H12N2O/c1-6(2)4-3-5(7)8(6)9/h7,9H,3-4H2,1-2H3. The monoisotopic (exact) mass is 128 g/mol. The summed E-state index contributed by atoms with van der Waals surface area (Å²) in [5.41, 5.74) is -0.211. The maximum absolute atomic E-state index is 9.13. The van der Waals surface area contributed by atoms with Crippen LogP contribution >= 0.6 is 0 Å². The van der Waals surface area contributed by atoms with Gasteiger partial charge in [-0.1, -0.05) is 0 Å². The van der Waals surface area contributed by atoms with Crippen LogP contribution in [0.2, 0.25) is 0 Å². The minimum absolute atomic E-state index is 0.211. The summed E-state index contributed by atoms with van der Waals surface area (Å²) >= 11 is 0. The van der Waals surface area contributed by atoms with Gasteiger partial charge in [-0.2, -0.15) is 0 Å². The molecule has 0 aromatic heterocycles. The highest BCUT2D eigenvalue weighted by atomic mass is 16.5. The van der Waals surface area contributed by atoms with Crippen LogP contribution in [-0.4, -0.2) is 21.6 Å². The second-order valence-electron chi connectivity index (χ2n) is 3.07. The zero-order valence-electron chi connectivity index (χ0n) is 5.81. The van der Waals surface area contributed by atoms with Crippen molar-refractivity contribution in [1.29, 1.82) is 5.41 Å². The van der Waals surface area contributed by atoms with E-state index in [0.29, 0.717) is 12.3 Å². The molecule has 3 heteroatoms. The van der Waals surface area contributed by atoms with Gasteiger partial charge in [-0.25, -0.2) is 5.06 Å². The Labute approximate surface area is 54.8 Å². The van der Waals surface area contributed by atoms with Crippen LogP contribution in [0.1, 0.15) is 26.7 Å². The highest BCUT2D eigenvalue weighted by Gasteiger charge is 2.34. The van der Waals surface area contributed by atoms with Gasteiger partial charge >= 0.3 is 0 Å². The van der Waals surface area contributed by atoms with Gasteiger partial charge in [-0.3, -0.25) is 10.6 Å². The van der Waals surface area contributed by atoms with Gasteiger partial charge in [0, 0.05) is 6.42 Å². The molecule has 9 heavy (non-hydrogen) atoms. The lowest BCUT2D eigenvalue weighted by Crippen LogP contribution is -2.37. The first-order valence-corrected chi connectivity index (χ1v) is 3.10. The molecule has 2 N–H and O–H groups in total. The third-order valence-electron chi connectivity index (χ3n) is 1.80. The fourth-order valence-electron chi connectivity index (χ4n) is 1.00. The first kappa shape index (κ1) is 6.55. The minimum Gasteiger partial charge on any atom is -0.287 e. The van der Waals surface area contributed by atoms with E-state index in [2.05, 4.69) is 0 Å². The van der Waals surface area contributed by atoms with Gasteiger partial charge in [0.05, 0.1) is 5.54 Å². The van der Waals surface area contributed by atoms with E-state index in [1.54, 1.807) is 0 Å². The number of hydrogen-bond acceptors (Lipinski definition) is 2. The summed E-state index contributed by atoms with van der Waals surface area (Å²) in [6.45, 7) is 3.85. The van der Waals surface area contributed by atoms with Crippen molar-refractivity contribution in [2.45, 2.75) is 32.2 Å². The molecule has 0 atom stereocenters. The van der Waals surface area contributed by atoms with Crippen LogP contribution in [0.15, 0.2) is 0 Å². The molecular weight excluding hydrogens is 116 g/mol. The zero-order chi connectivity index (χ0) is 7.07. The van der Waals surface area contributed by atoms with Gasteiger partial charge in [-0.15, -0.1) is 0 Å². The molecule has 1 aliphatic rings. The first-order valence-electron chi connectivity index (χ1n) is 3.10. The minimum atomic E-state index is -0.211. The fourth-order valence-corrected chi connectivity index (χ4v) is 1.00. The number of nitrogens with one attached hydrogen (secondary N) is 1. The quantitative estimate of drug-likeness (QED) is 0.515. The van der Waals surface area contributed by atoms with Gasteiger partial charge < -0.3 is 0 Å². The van der Waals surface area contributed by atoms with Crippen molar-refractivity contribution in [1.82, 2.24) is 5.06 Å². The lowest BCUT2D eigenvalue weighted by molar-refractivity contribution is -0.0799. The second kappa shape index (κ2) is 1.70. The number of hydrogen-bond donors (Lipinski definition) is 2. The fraction of sp³-hybridized carbons (Fsp3) is 0.833. The van der Waals surface area contributed by atoms with Gasteiger partial charge in [0.15, 0.2) is 0 Å². The van der Waals surface area contributed by atoms with E-state index < -0.39 is 0 Å². The summed E-state index contributed by atoms with van der Waals surface area (Å²) < 4.78 is 0. The van der Waals surface area contributed by atoms with E-state index in [-0.39, 0.29) is 5.54 Å². The van der Waals surface area contributed by atoms with Crippen LogP contribution in [0, 0.1) is 5.41 Å². The summed E-state index contributed by atoms with van der Waals surface area (Å²) in [6, 6.07) is 0. The van der Waals surface area contributed by atoms with Crippen molar-refractivity contribution in [3.63, 3.8) is 0 Å². The predicted octanol–water partition coefficient (Wildman–Crippen LogP) is 1.23. The van der Waals surface area contributed by atoms with E-state index in [0.717, 1.165) is 11.5 Å². The highest BCUT2D eigenvalue weighted by molar-refractivity contribution is 5.80. The van der Waals surface area contributed by atoms with Crippen LogP contribution in [0.4, 0.5) is 0 Å². The Bertz CT molecular complexity index is 142. The summed E-state index contributed by atoms with van der Waals surface area (Å²) in [7, 11) is 0. The number of hydroxylamine groups is 2. The third kappa shape index (κ3) is 0.920. The van der Waals surface area contributed by atoms with Crippen molar-refractivity contribution in [2.75, 3.05) is 0 Å². The van der Waals surface area contributed by atoms with Gasteiger partial charge in [0.2, 0.25) is 0 Å². The summed E-state index contributed by atoms with van der Waals surface area (Å²) in [6.07, 6.45) is 1.58. The smallest absolute Gasteiger partial charge is 0.121 e. The van der Waals surface area contributed by atoms with E-state index in [1.165, 1.54) is 0 Å². The van der Waals surface area contributed by atoms with E-state index in [1.807, 2.05) is 13.8 Å². The van der Waals surface area contributed by atoms with Gasteiger partial charge in [-0.05, 0) is 20.3 Å². The first-order chi connectivity index (χ1) is 4.04. The lowest BCUT2D eigenvalue weighted by atomic mass is 10.0. The van der Waals surface area contributed by atoms with Gasteiger partial charge in [0.1, 0.15) is 5.84 Å².